The lowest BCUT2D eigenvalue weighted by Gasteiger charge is -2.23. The predicted molar refractivity (Wildman–Crippen MR) is 121 cm³/mol. The first-order chi connectivity index (χ1) is 15.1. The van der Waals surface area contributed by atoms with E-state index < -0.39 is 18.3 Å². The monoisotopic (exact) mass is 418 g/mol. The number of hydrogen-bond acceptors (Lipinski definition) is 4. The van der Waals surface area contributed by atoms with E-state index in [1.165, 1.54) is 5.56 Å². The number of alkyl carbamates (subject to hydrolysis) is 1. The summed E-state index contributed by atoms with van der Waals surface area (Å²) in [7, 11) is 0. The first-order valence-corrected chi connectivity index (χ1v) is 10.8. The van der Waals surface area contributed by atoms with Gasteiger partial charge in [0.25, 0.3) is 0 Å². The highest BCUT2D eigenvalue weighted by molar-refractivity contribution is 5.68. The van der Waals surface area contributed by atoms with Crippen molar-refractivity contribution in [2.45, 2.75) is 50.9 Å². The van der Waals surface area contributed by atoms with Crippen molar-refractivity contribution in [3.63, 3.8) is 0 Å². The summed E-state index contributed by atoms with van der Waals surface area (Å²) in [5.74, 6) is 0. The second-order valence-corrected chi connectivity index (χ2v) is 7.71. The molecule has 0 aliphatic carbocycles. The van der Waals surface area contributed by atoms with Crippen LogP contribution in [0.1, 0.15) is 55.0 Å². The molecule has 0 aliphatic heterocycles. The molecule has 3 unspecified atom stereocenters. The minimum Gasteiger partial charge on any atom is -0.442 e. The summed E-state index contributed by atoms with van der Waals surface area (Å²) in [6, 6.07) is 23.3. The van der Waals surface area contributed by atoms with Crippen LogP contribution in [0.4, 0.5) is 4.79 Å². The number of benzene rings is 2. The molecule has 2 N–H and O–H groups in total. The predicted octanol–water partition coefficient (Wildman–Crippen LogP) is 5.38. The van der Waals surface area contributed by atoms with Crippen molar-refractivity contribution in [3.8, 4) is 0 Å². The number of aliphatic hydroxyl groups is 1. The van der Waals surface area contributed by atoms with Crippen molar-refractivity contribution in [1.82, 2.24) is 10.3 Å². The molecule has 1 amide bonds. The second kappa shape index (κ2) is 11.9. The number of nitrogens with one attached hydrogen (secondary N) is 1. The van der Waals surface area contributed by atoms with E-state index in [9.17, 15) is 9.90 Å². The molecule has 3 atom stereocenters. The lowest BCUT2D eigenvalue weighted by Crippen LogP contribution is -2.32. The zero-order valence-corrected chi connectivity index (χ0v) is 17.9. The summed E-state index contributed by atoms with van der Waals surface area (Å²) in [5, 5.41) is 13.6. The highest BCUT2D eigenvalue weighted by Gasteiger charge is 2.21. The van der Waals surface area contributed by atoms with Crippen LogP contribution in [0.25, 0.3) is 0 Å². The molecule has 3 rings (SSSR count). The van der Waals surface area contributed by atoms with Gasteiger partial charge >= 0.3 is 6.09 Å². The number of carbonyl (C=O) groups is 1. The number of rotatable bonds is 10. The van der Waals surface area contributed by atoms with Crippen molar-refractivity contribution in [3.05, 3.63) is 102 Å². The summed E-state index contributed by atoms with van der Waals surface area (Å²) < 4.78 is 5.54. The highest BCUT2D eigenvalue weighted by Crippen LogP contribution is 2.22. The quantitative estimate of drug-likeness (QED) is 0.463. The zero-order valence-electron chi connectivity index (χ0n) is 17.9. The molecule has 1 heterocycles. The van der Waals surface area contributed by atoms with Gasteiger partial charge in [-0.1, -0.05) is 66.7 Å². The largest absolute Gasteiger partial charge is 0.442 e. The van der Waals surface area contributed by atoms with E-state index in [0.29, 0.717) is 12.8 Å². The van der Waals surface area contributed by atoms with E-state index in [4.69, 9.17) is 4.74 Å². The molecule has 3 aromatic rings. The molecule has 162 valence electrons. The molecule has 0 saturated carbocycles. The standard InChI is InChI=1S/C26H30N2O3/c1-20(23-15-9-17-27-19-23)31-26(30)28-25(22-13-6-3-7-14-22)18-24(29)16-8-12-21-10-4-2-5-11-21/h2-7,9-11,13-15,17,19-20,24-25,29H,8,12,16,18H2,1H3,(H,28,30). The smallest absolute Gasteiger partial charge is 0.408 e. The van der Waals surface area contributed by atoms with Gasteiger partial charge in [0.15, 0.2) is 0 Å². The summed E-state index contributed by atoms with van der Waals surface area (Å²) in [6.45, 7) is 1.81. The Morgan fingerprint density at radius 1 is 1.00 bits per heavy atom. The number of aromatic nitrogens is 1. The van der Waals surface area contributed by atoms with Crippen LogP contribution in [0.15, 0.2) is 85.2 Å². The van der Waals surface area contributed by atoms with Gasteiger partial charge in [0.05, 0.1) is 12.1 Å². The van der Waals surface area contributed by atoms with Crippen LogP contribution in [0, 0.1) is 0 Å². The fourth-order valence-electron chi connectivity index (χ4n) is 3.56. The van der Waals surface area contributed by atoms with Gasteiger partial charge in [-0.25, -0.2) is 4.79 Å². The van der Waals surface area contributed by atoms with Crippen molar-refractivity contribution in [1.29, 1.82) is 0 Å². The van der Waals surface area contributed by atoms with Crippen molar-refractivity contribution in [2.24, 2.45) is 0 Å². The van der Waals surface area contributed by atoms with Crippen molar-refractivity contribution < 1.29 is 14.6 Å². The molecular weight excluding hydrogens is 388 g/mol. The van der Waals surface area contributed by atoms with Crippen LogP contribution in [-0.2, 0) is 11.2 Å². The van der Waals surface area contributed by atoms with E-state index in [1.54, 1.807) is 12.4 Å². The van der Waals surface area contributed by atoms with Gasteiger partial charge in [0.2, 0.25) is 0 Å². The van der Waals surface area contributed by atoms with Crippen LogP contribution in [0.3, 0.4) is 0 Å². The Hall–Kier alpha value is -3.18. The average Bonchev–Trinajstić information content (AvgIpc) is 2.80. The summed E-state index contributed by atoms with van der Waals surface area (Å²) in [4.78, 5) is 16.6. The maximum atomic E-state index is 12.6. The Morgan fingerprint density at radius 3 is 2.35 bits per heavy atom. The number of pyridine rings is 1. The number of carbonyl (C=O) groups excluding carboxylic acids is 1. The Kier molecular flexibility index (Phi) is 8.61. The molecule has 0 spiro atoms. The normalized spacial score (nSPS) is 13.7. The highest BCUT2D eigenvalue weighted by atomic mass is 16.6. The van der Waals surface area contributed by atoms with E-state index in [-0.39, 0.29) is 6.04 Å². The van der Waals surface area contributed by atoms with E-state index >= 15 is 0 Å². The maximum Gasteiger partial charge on any atom is 0.408 e. The zero-order chi connectivity index (χ0) is 21.9. The molecule has 5 heteroatoms. The Morgan fingerprint density at radius 2 is 1.68 bits per heavy atom. The first kappa shape index (κ1) is 22.5. The van der Waals surface area contributed by atoms with Gasteiger partial charge in [0, 0.05) is 18.0 Å². The minimum atomic E-state index is -0.523. The maximum absolute atomic E-state index is 12.6. The van der Waals surface area contributed by atoms with Crippen LogP contribution >= 0.6 is 0 Å². The second-order valence-electron chi connectivity index (χ2n) is 7.71. The fourth-order valence-corrected chi connectivity index (χ4v) is 3.56. The third-order valence-corrected chi connectivity index (χ3v) is 5.29. The molecule has 0 bridgehead atoms. The Bertz CT molecular complexity index is 904. The fraction of sp³-hybridized carbons (Fsp3) is 0.308. The van der Waals surface area contributed by atoms with Crippen molar-refractivity contribution in [2.75, 3.05) is 0 Å². The Balaban J connectivity index is 1.55. The number of nitrogens with zero attached hydrogens (tertiary/aromatic N) is 1. The SMILES string of the molecule is CC(OC(=O)NC(CC(O)CCCc1ccccc1)c1ccccc1)c1cccnc1. The average molecular weight is 419 g/mol. The molecule has 5 nitrogen and oxygen atoms in total. The van der Waals surface area contributed by atoms with Crippen LogP contribution < -0.4 is 5.32 Å². The topological polar surface area (TPSA) is 71.5 Å². The number of ether oxygens (including phenoxy) is 1. The molecule has 1 aromatic heterocycles. The van der Waals surface area contributed by atoms with E-state index in [2.05, 4.69) is 22.4 Å². The number of aliphatic hydroxyl groups excluding tert-OH is 1. The lowest BCUT2D eigenvalue weighted by atomic mass is 9.97. The lowest BCUT2D eigenvalue weighted by molar-refractivity contribution is 0.0959. The third kappa shape index (κ3) is 7.54. The molecule has 0 radical (unpaired) electrons. The van der Waals surface area contributed by atoms with Gasteiger partial charge in [0.1, 0.15) is 6.10 Å². The van der Waals surface area contributed by atoms with Crippen LogP contribution in [0.5, 0.6) is 0 Å². The molecule has 31 heavy (non-hydrogen) atoms. The van der Waals surface area contributed by atoms with Gasteiger partial charge < -0.3 is 15.2 Å². The summed E-state index contributed by atoms with van der Waals surface area (Å²) in [6.07, 6.45) is 4.81. The van der Waals surface area contributed by atoms with Gasteiger partial charge in [-0.15, -0.1) is 0 Å². The number of aryl methyl sites for hydroxylation is 1. The van der Waals surface area contributed by atoms with Crippen molar-refractivity contribution >= 4 is 6.09 Å². The van der Waals surface area contributed by atoms with E-state index in [0.717, 1.165) is 24.0 Å². The molecule has 0 aliphatic rings. The summed E-state index contributed by atoms with van der Waals surface area (Å²) >= 11 is 0. The molecule has 0 fully saturated rings. The van der Waals surface area contributed by atoms with Gasteiger partial charge in [-0.3, -0.25) is 4.98 Å². The molecule has 2 aromatic carbocycles. The first-order valence-electron chi connectivity index (χ1n) is 10.8. The molecule has 0 saturated heterocycles. The van der Waals surface area contributed by atoms with Crippen LogP contribution in [-0.4, -0.2) is 22.3 Å². The molecular formula is C26H30N2O3. The van der Waals surface area contributed by atoms with E-state index in [1.807, 2.05) is 67.6 Å². The summed E-state index contributed by atoms with van der Waals surface area (Å²) in [5.41, 5.74) is 3.03. The number of amides is 1. The van der Waals surface area contributed by atoms with Gasteiger partial charge in [-0.05, 0) is 49.8 Å². The van der Waals surface area contributed by atoms with Gasteiger partial charge in [-0.2, -0.15) is 0 Å². The third-order valence-electron chi connectivity index (χ3n) is 5.29. The van der Waals surface area contributed by atoms with Crippen LogP contribution in [0.2, 0.25) is 0 Å². The minimum absolute atomic E-state index is 0.332. The Labute approximate surface area is 184 Å². The number of hydrogen-bond donors (Lipinski definition) is 2.